The van der Waals surface area contributed by atoms with E-state index in [4.69, 9.17) is 5.73 Å². The van der Waals surface area contributed by atoms with Gasteiger partial charge < -0.3 is 11.1 Å². The number of pyridine rings is 1. The van der Waals surface area contributed by atoms with Crippen molar-refractivity contribution in [2.24, 2.45) is 5.73 Å². The number of Topliss-reactive ketones (excluding diaryl/α,β-unsaturated/α-hetero) is 1. The number of nitrogens with one attached hydrogen (secondary N) is 2. The molecule has 8 nitrogen and oxygen atoms in total. The maximum atomic E-state index is 12.6. The molecule has 0 aliphatic heterocycles. The van der Waals surface area contributed by atoms with Crippen LogP contribution in [0.1, 0.15) is 15.4 Å². The van der Waals surface area contributed by atoms with Crippen molar-refractivity contribution in [3.63, 3.8) is 0 Å². The van der Waals surface area contributed by atoms with Gasteiger partial charge in [0.15, 0.2) is 5.69 Å². The van der Waals surface area contributed by atoms with Crippen molar-refractivity contribution >= 4 is 28.9 Å². The summed E-state index contributed by atoms with van der Waals surface area (Å²) in [6.07, 6.45) is 3.32. The minimum atomic E-state index is -1.10. The molecule has 0 bridgehead atoms. The number of carbonyl (C=O) groups excluding carboxylic acids is 3. The van der Waals surface area contributed by atoms with Crippen LogP contribution in [0.25, 0.3) is 11.3 Å². The Morgan fingerprint density at radius 3 is 2.73 bits per heavy atom. The first kappa shape index (κ1) is 17.5. The summed E-state index contributed by atoms with van der Waals surface area (Å²) in [5.41, 5.74) is 6.24. The molecule has 3 heterocycles. The molecule has 1 unspecified atom stereocenters. The van der Waals surface area contributed by atoms with Crippen LogP contribution in [0.15, 0.2) is 48.1 Å². The fourth-order valence-corrected chi connectivity index (χ4v) is 3.17. The monoisotopic (exact) mass is 369 g/mol. The maximum Gasteiger partial charge on any atom is 0.287 e. The van der Waals surface area contributed by atoms with Crippen molar-refractivity contribution in [3.05, 3.63) is 58.7 Å². The molecule has 0 aromatic carbocycles. The first-order chi connectivity index (χ1) is 12.6. The molecule has 3 aromatic rings. The van der Waals surface area contributed by atoms with Crippen molar-refractivity contribution < 1.29 is 14.4 Å². The summed E-state index contributed by atoms with van der Waals surface area (Å²) in [5.74, 6) is -2.55. The predicted octanol–water partition coefficient (Wildman–Crippen LogP) is 0.929. The third kappa shape index (κ3) is 3.83. The van der Waals surface area contributed by atoms with Gasteiger partial charge in [-0.1, -0.05) is 12.1 Å². The number of nitrogens with zero attached hydrogens (tertiary/aromatic N) is 2. The van der Waals surface area contributed by atoms with Gasteiger partial charge in [-0.25, -0.2) is 0 Å². The van der Waals surface area contributed by atoms with Crippen LogP contribution in [-0.2, 0) is 16.0 Å². The Morgan fingerprint density at radius 1 is 1.23 bits per heavy atom. The Kier molecular flexibility index (Phi) is 5.18. The van der Waals surface area contributed by atoms with Crippen LogP contribution in [0.3, 0.4) is 0 Å². The standard InChI is InChI=1S/C17H15N5O3S/c18-16(24)15(23)13(8-10-4-3-7-26-10)21-17(25)14-11(9-20-22-14)12-5-1-2-6-19-12/h1-7,9,13H,8H2,(H2,18,24)(H,20,22)(H,21,25). The van der Waals surface area contributed by atoms with Crippen LogP contribution >= 0.6 is 11.3 Å². The number of nitrogens with two attached hydrogens (primary N) is 1. The Balaban J connectivity index is 1.83. The van der Waals surface area contributed by atoms with E-state index in [1.807, 2.05) is 17.5 Å². The van der Waals surface area contributed by atoms with E-state index in [0.717, 1.165) is 4.88 Å². The predicted molar refractivity (Wildman–Crippen MR) is 95.3 cm³/mol. The van der Waals surface area contributed by atoms with Crippen LogP contribution in [0.2, 0.25) is 0 Å². The summed E-state index contributed by atoms with van der Waals surface area (Å²) in [7, 11) is 0. The molecular weight excluding hydrogens is 354 g/mol. The van der Waals surface area contributed by atoms with E-state index in [-0.39, 0.29) is 12.1 Å². The van der Waals surface area contributed by atoms with Crippen LogP contribution in [0.5, 0.6) is 0 Å². The van der Waals surface area contributed by atoms with Crippen molar-refractivity contribution in [1.29, 1.82) is 0 Å². The molecule has 0 fully saturated rings. The zero-order valence-electron chi connectivity index (χ0n) is 13.5. The Bertz CT molecular complexity index is 921. The molecule has 0 saturated heterocycles. The number of rotatable bonds is 7. The van der Waals surface area contributed by atoms with Gasteiger partial charge in [0, 0.05) is 23.7 Å². The van der Waals surface area contributed by atoms with E-state index in [1.54, 1.807) is 30.6 Å². The lowest BCUT2D eigenvalue weighted by molar-refractivity contribution is -0.137. The largest absolute Gasteiger partial charge is 0.363 e. The Morgan fingerprint density at radius 2 is 2.08 bits per heavy atom. The second-order valence-corrected chi connectivity index (χ2v) is 6.43. The minimum absolute atomic E-state index is 0.0807. The van der Waals surface area contributed by atoms with Gasteiger partial charge in [-0.3, -0.25) is 24.5 Å². The number of aromatic nitrogens is 3. The SMILES string of the molecule is NC(=O)C(=O)C(Cc1cccs1)NC(=O)c1n[nH]cc1-c1ccccn1. The molecule has 0 radical (unpaired) electrons. The molecule has 1 atom stereocenters. The number of ketones is 1. The number of H-pyrrole nitrogens is 1. The molecule has 0 spiro atoms. The van der Waals surface area contributed by atoms with Gasteiger partial charge in [-0.15, -0.1) is 11.3 Å². The lowest BCUT2D eigenvalue weighted by atomic mass is 10.1. The summed E-state index contributed by atoms with van der Waals surface area (Å²) >= 11 is 1.42. The molecule has 0 aliphatic rings. The van der Waals surface area contributed by atoms with E-state index in [9.17, 15) is 14.4 Å². The van der Waals surface area contributed by atoms with Crippen LogP contribution in [0.4, 0.5) is 0 Å². The van der Waals surface area contributed by atoms with Crippen LogP contribution < -0.4 is 11.1 Å². The highest BCUT2D eigenvalue weighted by atomic mass is 32.1. The smallest absolute Gasteiger partial charge is 0.287 e. The van der Waals surface area contributed by atoms with Gasteiger partial charge >= 0.3 is 0 Å². The number of hydrogen-bond donors (Lipinski definition) is 3. The highest BCUT2D eigenvalue weighted by Gasteiger charge is 2.28. The number of carbonyl (C=O) groups is 3. The summed E-state index contributed by atoms with van der Waals surface area (Å²) in [6.45, 7) is 0. The fraction of sp³-hybridized carbons (Fsp3) is 0.118. The number of amides is 2. The van der Waals surface area contributed by atoms with Crippen molar-refractivity contribution in [2.45, 2.75) is 12.5 Å². The normalized spacial score (nSPS) is 11.7. The van der Waals surface area contributed by atoms with E-state index in [0.29, 0.717) is 11.3 Å². The number of primary amides is 1. The Labute approximate surface area is 152 Å². The second kappa shape index (κ2) is 7.70. The van der Waals surface area contributed by atoms with Crippen molar-refractivity contribution in [1.82, 2.24) is 20.5 Å². The van der Waals surface area contributed by atoms with Crippen LogP contribution in [0, 0.1) is 0 Å². The van der Waals surface area contributed by atoms with Gasteiger partial charge in [0.25, 0.3) is 11.8 Å². The molecule has 0 saturated carbocycles. The van der Waals surface area contributed by atoms with E-state index in [2.05, 4.69) is 20.5 Å². The lowest BCUT2D eigenvalue weighted by Crippen LogP contribution is -2.47. The molecule has 132 valence electrons. The molecular formula is C17H15N5O3S. The highest BCUT2D eigenvalue weighted by molar-refractivity contribution is 7.09. The third-order valence-corrected chi connectivity index (χ3v) is 4.55. The number of aromatic amines is 1. The second-order valence-electron chi connectivity index (χ2n) is 5.40. The first-order valence-electron chi connectivity index (χ1n) is 7.68. The summed E-state index contributed by atoms with van der Waals surface area (Å²) < 4.78 is 0. The molecule has 26 heavy (non-hydrogen) atoms. The Hall–Kier alpha value is -3.33. The molecule has 0 aliphatic carbocycles. The topological polar surface area (TPSA) is 131 Å². The zero-order chi connectivity index (χ0) is 18.5. The first-order valence-corrected chi connectivity index (χ1v) is 8.56. The van der Waals surface area contributed by atoms with Gasteiger partial charge in [0.05, 0.1) is 11.3 Å². The lowest BCUT2D eigenvalue weighted by Gasteiger charge is -2.15. The molecule has 9 heteroatoms. The summed E-state index contributed by atoms with van der Waals surface area (Å²) in [5, 5.41) is 11.0. The van der Waals surface area contributed by atoms with Gasteiger partial charge in [-0.05, 0) is 23.6 Å². The molecule has 2 amide bonds. The molecule has 3 aromatic heterocycles. The van der Waals surface area contributed by atoms with Crippen molar-refractivity contribution in [3.8, 4) is 11.3 Å². The van der Waals surface area contributed by atoms with E-state index < -0.39 is 23.6 Å². The fourth-order valence-electron chi connectivity index (χ4n) is 2.42. The van der Waals surface area contributed by atoms with E-state index in [1.165, 1.54) is 11.3 Å². The zero-order valence-corrected chi connectivity index (χ0v) is 14.3. The average Bonchev–Trinajstić information content (AvgIpc) is 3.32. The molecule has 4 N–H and O–H groups in total. The maximum absolute atomic E-state index is 12.6. The number of thiophene rings is 1. The minimum Gasteiger partial charge on any atom is -0.363 e. The third-order valence-electron chi connectivity index (χ3n) is 3.65. The summed E-state index contributed by atoms with van der Waals surface area (Å²) in [6, 6.07) is 7.84. The summed E-state index contributed by atoms with van der Waals surface area (Å²) in [4.78, 5) is 41.1. The van der Waals surface area contributed by atoms with E-state index >= 15 is 0 Å². The van der Waals surface area contributed by atoms with Gasteiger partial charge in [0.1, 0.15) is 6.04 Å². The quantitative estimate of drug-likeness (QED) is 0.533. The van der Waals surface area contributed by atoms with Crippen molar-refractivity contribution in [2.75, 3.05) is 0 Å². The highest BCUT2D eigenvalue weighted by Crippen LogP contribution is 2.19. The van der Waals surface area contributed by atoms with Gasteiger partial charge in [0.2, 0.25) is 5.78 Å². The average molecular weight is 369 g/mol. The molecule has 3 rings (SSSR count). The van der Waals surface area contributed by atoms with Gasteiger partial charge in [-0.2, -0.15) is 5.10 Å². The van der Waals surface area contributed by atoms with Crippen LogP contribution in [-0.4, -0.2) is 38.8 Å². The number of hydrogen-bond acceptors (Lipinski definition) is 6.